The zero-order chi connectivity index (χ0) is 15.3. The van der Waals surface area contributed by atoms with E-state index < -0.39 is 6.87 Å². The summed E-state index contributed by atoms with van der Waals surface area (Å²) in [4.78, 5) is 0. The van der Waals surface area contributed by atoms with Crippen molar-refractivity contribution in [3.63, 3.8) is 0 Å². The summed E-state index contributed by atoms with van der Waals surface area (Å²) >= 11 is 6.16. The van der Waals surface area contributed by atoms with Crippen molar-refractivity contribution >= 4 is 28.9 Å². The Balaban J connectivity index is 2.35. The van der Waals surface area contributed by atoms with E-state index in [-0.39, 0.29) is 0 Å². The number of hydrogen-bond acceptors (Lipinski definition) is 2. The lowest BCUT2D eigenvalue weighted by molar-refractivity contribution is 0.407. The third-order valence-electron chi connectivity index (χ3n) is 2.98. The van der Waals surface area contributed by atoms with Gasteiger partial charge in [0, 0.05) is 29.7 Å². The number of halogens is 1. The maximum atomic E-state index is 12.7. The lowest BCUT2D eigenvalue weighted by atomic mass is 10.1. The van der Waals surface area contributed by atoms with Gasteiger partial charge in [0.25, 0.3) is 0 Å². The topological polar surface area (TPSA) is 29.5 Å². The van der Waals surface area contributed by atoms with Crippen LogP contribution in [0.2, 0.25) is 0 Å². The fourth-order valence-corrected chi connectivity index (χ4v) is 3.75. The van der Waals surface area contributed by atoms with Gasteiger partial charge in [0.05, 0.1) is 0 Å². The maximum absolute atomic E-state index is 12.7. The molecule has 3 nitrogen and oxygen atoms in total. The number of benzene rings is 2. The molecule has 0 aromatic heterocycles. The molecule has 0 saturated carbocycles. The van der Waals surface area contributed by atoms with Gasteiger partial charge in [-0.3, -0.25) is 0 Å². The van der Waals surface area contributed by atoms with Gasteiger partial charge in [-0.25, -0.2) is 9.24 Å². The van der Waals surface area contributed by atoms with Crippen LogP contribution in [-0.4, -0.2) is 17.8 Å². The van der Waals surface area contributed by atoms with Crippen molar-refractivity contribution in [3.8, 4) is 5.75 Å². The first kappa shape index (κ1) is 15.8. The Morgan fingerprint density at radius 1 is 1.10 bits per heavy atom. The van der Waals surface area contributed by atoms with E-state index in [4.69, 9.17) is 15.8 Å². The van der Waals surface area contributed by atoms with E-state index in [1.807, 2.05) is 36.4 Å². The van der Waals surface area contributed by atoms with E-state index in [0.29, 0.717) is 18.8 Å². The molecule has 0 fully saturated rings. The zero-order valence-electron chi connectivity index (χ0n) is 11.6. The number of hydrogen-bond donors (Lipinski definition) is 0. The second-order valence-electron chi connectivity index (χ2n) is 4.47. The molecule has 5 heteroatoms. The lowest BCUT2D eigenvalue weighted by Gasteiger charge is -2.24. The molecule has 2 aromatic carbocycles. The van der Waals surface area contributed by atoms with Crippen molar-refractivity contribution in [2.24, 2.45) is 0 Å². The quantitative estimate of drug-likeness (QED) is 0.516. The minimum atomic E-state index is -3.50. The second kappa shape index (κ2) is 6.95. The Kier molecular flexibility index (Phi) is 5.24. The van der Waals surface area contributed by atoms with Gasteiger partial charge >= 0.3 is 6.87 Å². The minimum absolute atomic E-state index is 0.359. The Hall–Kier alpha value is -1.54. The smallest absolute Gasteiger partial charge is 0.412 e. The summed E-state index contributed by atoms with van der Waals surface area (Å²) in [5, 5.41) is 1.88. The van der Waals surface area contributed by atoms with Crippen LogP contribution >= 0.6 is 18.1 Å². The number of fused-ring (bicyclic) bond motifs is 1. The third kappa shape index (κ3) is 3.76. The van der Waals surface area contributed by atoms with Crippen molar-refractivity contribution in [2.45, 2.75) is 0 Å². The molecule has 1 atom stereocenters. The summed E-state index contributed by atoms with van der Waals surface area (Å²) in [7, 11) is 0. The molecule has 0 aliphatic heterocycles. The highest BCUT2D eigenvalue weighted by Crippen LogP contribution is 2.56. The van der Waals surface area contributed by atoms with Crippen molar-refractivity contribution < 1.29 is 9.09 Å². The number of nitrogens with zero attached hydrogens (tertiary/aromatic N) is 1. The van der Waals surface area contributed by atoms with Crippen LogP contribution in [0.3, 0.4) is 0 Å². The van der Waals surface area contributed by atoms with Crippen LogP contribution in [0.25, 0.3) is 10.8 Å². The van der Waals surface area contributed by atoms with Crippen LogP contribution in [0, 0.1) is 0 Å². The monoisotopic (exact) mass is 321 g/mol. The van der Waals surface area contributed by atoms with Gasteiger partial charge in [-0.05, 0) is 11.5 Å². The van der Waals surface area contributed by atoms with E-state index in [1.54, 1.807) is 18.2 Å². The van der Waals surface area contributed by atoms with Crippen molar-refractivity contribution in [2.75, 3.05) is 13.1 Å². The van der Waals surface area contributed by atoms with Crippen molar-refractivity contribution in [3.05, 3.63) is 67.8 Å². The average molecular weight is 322 g/mol. The average Bonchev–Trinajstić information content (AvgIpc) is 2.47. The highest BCUT2D eigenvalue weighted by Gasteiger charge is 2.29. The molecule has 2 rings (SSSR count). The zero-order valence-corrected chi connectivity index (χ0v) is 13.3. The molecule has 0 N–H and O–H groups in total. The molecule has 21 heavy (non-hydrogen) atoms. The van der Waals surface area contributed by atoms with Crippen molar-refractivity contribution in [1.82, 2.24) is 4.67 Å². The van der Waals surface area contributed by atoms with Gasteiger partial charge in [-0.2, -0.15) is 0 Å². The predicted molar refractivity (Wildman–Crippen MR) is 90.0 cm³/mol. The summed E-state index contributed by atoms with van der Waals surface area (Å²) < 4.78 is 19.8. The molecular formula is C16H17ClNO2P. The standard InChI is InChI=1S/C16H17ClNO2P/c1-3-12-18(13-4-2)21(17,19)20-16-11-7-9-14-8-5-6-10-15(14)16/h3-11H,1-2,12-13H2. The first-order chi connectivity index (χ1) is 10.1. The van der Waals surface area contributed by atoms with E-state index >= 15 is 0 Å². The van der Waals surface area contributed by atoms with Gasteiger partial charge in [-0.1, -0.05) is 48.6 Å². The molecular weight excluding hydrogens is 305 g/mol. The molecule has 2 aromatic rings. The molecule has 0 saturated heterocycles. The van der Waals surface area contributed by atoms with Crippen LogP contribution in [0.15, 0.2) is 67.8 Å². The van der Waals surface area contributed by atoms with Gasteiger partial charge in [0.15, 0.2) is 0 Å². The molecule has 0 heterocycles. The van der Waals surface area contributed by atoms with E-state index in [2.05, 4.69) is 13.2 Å². The van der Waals surface area contributed by atoms with Crippen LogP contribution in [0.1, 0.15) is 0 Å². The van der Waals surface area contributed by atoms with Crippen LogP contribution in [-0.2, 0) is 4.57 Å². The van der Waals surface area contributed by atoms with E-state index in [0.717, 1.165) is 10.8 Å². The number of rotatable bonds is 7. The molecule has 0 spiro atoms. The summed E-state index contributed by atoms with van der Waals surface area (Å²) in [5.41, 5.74) is 0. The fraction of sp³-hybridized carbons (Fsp3) is 0.125. The Bertz CT molecular complexity index is 686. The molecule has 0 radical (unpaired) electrons. The predicted octanol–water partition coefficient (Wildman–Crippen LogP) is 5.24. The SMILES string of the molecule is C=CCN(CC=C)P(=O)(Cl)Oc1cccc2ccccc12. The lowest BCUT2D eigenvalue weighted by Crippen LogP contribution is -2.20. The van der Waals surface area contributed by atoms with E-state index in [9.17, 15) is 4.57 Å². The molecule has 0 aliphatic carbocycles. The third-order valence-corrected chi connectivity index (χ3v) is 5.25. The normalized spacial score (nSPS) is 13.8. The highest BCUT2D eigenvalue weighted by molar-refractivity contribution is 7.83. The van der Waals surface area contributed by atoms with Crippen molar-refractivity contribution in [1.29, 1.82) is 0 Å². The van der Waals surface area contributed by atoms with Gasteiger partial charge < -0.3 is 4.52 Å². The summed E-state index contributed by atoms with van der Waals surface area (Å²) in [5.74, 6) is 0.504. The Morgan fingerprint density at radius 2 is 1.71 bits per heavy atom. The summed E-state index contributed by atoms with van der Waals surface area (Å²) in [6.07, 6.45) is 3.26. The molecule has 0 amide bonds. The first-order valence-electron chi connectivity index (χ1n) is 6.53. The summed E-state index contributed by atoms with van der Waals surface area (Å²) in [6.45, 7) is 4.50. The second-order valence-corrected chi connectivity index (χ2v) is 7.40. The Morgan fingerprint density at radius 3 is 2.38 bits per heavy atom. The van der Waals surface area contributed by atoms with Gasteiger partial charge in [0.1, 0.15) is 5.75 Å². The largest absolute Gasteiger partial charge is 0.421 e. The Labute approximate surface area is 129 Å². The van der Waals surface area contributed by atoms with E-state index in [1.165, 1.54) is 4.67 Å². The van der Waals surface area contributed by atoms with Crippen LogP contribution < -0.4 is 4.52 Å². The molecule has 0 aliphatic rings. The first-order valence-corrected chi connectivity index (χ1v) is 9.01. The molecule has 0 bridgehead atoms. The molecule has 1 unspecified atom stereocenters. The fourth-order valence-electron chi connectivity index (χ4n) is 2.02. The minimum Gasteiger partial charge on any atom is -0.421 e. The van der Waals surface area contributed by atoms with Crippen LogP contribution in [0.5, 0.6) is 5.75 Å². The summed E-state index contributed by atoms with van der Waals surface area (Å²) in [6, 6.07) is 13.3. The molecule has 110 valence electrons. The maximum Gasteiger partial charge on any atom is 0.412 e. The van der Waals surface area contributed by atoms with Gasteiger partial charge in [0.2, 0.25) is 0 Å². The highest BCUT2D eigenvalue weighted by atomic mass is 35.7. The van der Waals surface area contributed by atoms with Crippen LogP contribution in [0.4, 0.5) is 0 Å². The van der Waals surface area contributed by atoms with Gasteiger partial charge in [-0.15, -0.1) is 13.2 Å².